The van der Waals surface area contributed by atoms with Crippen molar-refractivity contribution in [3.05, 3.63) is 107 Å². The highest BCUT2D eigenvalue weighted by atomic mass is 19.1. The van der Waals surface area contributed by atoms with Crippen molar-refractivity contribution in [3.63, 3.8) is 0 Å². The van der Waals surface area contributed by atoms with Crippen LogP contribution in [0.3, 0.4) is 0 Å². The summed E-state index contributed by atoms with van der Waals surface area (Å²) >= 11 is 0. The lowest BCUT2D eigenvalue weighted by Gasteiger charge is -2.16. The Labute approximate surface area is 182 Å². The Hall–Kier alpha value is -3.73. The van der Waals surface area contributed by atoms with Crippen molar-refractivity contribution in [2.45, 2.75) is 13.8 Å². The molecule has 5 rings (SSSR count). The van der Waals surface area contributed by atoms with Crippen LogP contribution in [0.25, 0.3) is 38.6 Å². The minimum absolute atomic E-state index is 0.368. The zero-order chi connectivity index (χ0) is 22.6. The van der Waals surface area contributed by atoms with Crippen LogP contribution in [0.2, 0.25) is 0 Å². The maximum absolute atomic E-state index is 14.5. The van der Waals surface area contributed by atoms with E-state index >= 15 is 0 Å². The van der Waals surface area contributed by atoms with Crippen molar-refractivity contribution < 1.29 is 22.1 Å². The average molecular weight is 432 g/mol. The van der Waals surface area contributed by atoms with Crippen LogP contribution < -0.4 is 4.57 Å². The summed E-state index contributed by atoms with van der Waals surface area (Å²) in [5.41, 5.74) is 4.66. The maximum atomic E-state index is 14.5. The summed E-state index contributed by atoms with van der Waals surface area (Å²) in [7, 11) is 0. The van der Waals surface area contributed by atoms with Gasteiger partial charge in [0.15, 0.2) is 0 Å². The molecule has 0 spiro atoms. The van der Waals surface area contributed by atoms with Crippen molar-refractivity contribution in [2.75, 3.05) is 0 Å². The molecule has 32 heavy (non-hydrogen) atoms. The molecule has 0 aliphatic rings. The second-order valence-electron chi connectivity index (χ2n) is 7.92. The normalized spacial score (nSPS) is 11.4. The number of rotatable bonds is 2. The fourth-order valence-electron chi connectivity index (χ4n) is 4.52. The smallest absolute Gasteiger partial charge is 0.207 e. The second-order valence-corrected chi connectivity index (χ2v) is 7.92. The van der Waals surface area contributed by atoms with Gasteiger partial charge in [0.1, 0.15) is 23.3 Å². The lowest BCUT2D eigenvalue weighted by Crippen LogP contribution is -2.33. The number of aryl methyl sites for hydroxylation is 2. The van der Waals surface area contributed by atoms with Crippen LogP contribution in [0.5, 0.6) is 0 Å². The van der Waals surface area contributed by atoms with Gasteiger partial charge in [-0.05, 0) is 79.1 Å². The summed E-state index contributed by atoms with van der Waals surface area (Å²) in [6, 6.07) is 17.6. The number of fused-ring (bicyclic) bond motifs is 2. The van der Waals surface area contributed by atoms with Gasteiger partial charge in [0, 0.05) is 29.8 Å². The summed E-state index contributed by atoms with van der Waals surface area (Å²) in [4.78, 5) is 0. The van der Waals surface area contributed by atoms with E-state index in [1.165, 1.54) is 48.5 Å². The molecule has 0 atom stereocenters. The van der Waals surface area contributed by atoms with Gasteiger partial charge in [-0.15, -0.1) is 0 Å². The first-order valence-electron chi connectivity index (χ1n) is 10.1. The van der Waals surface area contributed by atoms with Gasteiger partial charge < -0.3 is 0 Å². The van der Waals surface area contributed by atoms with Crippen LogP contribution in [0, 0.1) is 37.1 Å². The number of pyridine rings is 1. The Kier molecular flexibility index (Phi) is 4.70. The first-order chi connectivity index (χ1) is 15.3. The number of aromatic nitrogens is 1. The van der Waals surface area contributed by atoms with E-state index < -0.39 is 11.6 Å². The molecule has 5 aromatic rings. The summed E-state index contributed by atoms with van der Waals surface area (Å²) < 4.78 is 58.4. The van der Waals surface area contributed by atoms with Gasteiger partial charge in [-0.2, -0.15) is 4.57 Å². The van der Waals surface area contributed by atoms with Gasteiger partial charge in [-0.25, -0.2) is 17.6 Å². The minimum Gasteiger partial charge on any atom is -0.207 e. The molecule has 0 aliphatic carbocycles. The molecule has 1 aromatic heterocycles. The Morgan fingerprint density at radius 1 is 0.500 bits per heavy atom. The van der Waals surface area contributed by atoms with Crippen molar-refractivity contribution in [2.24, 2.45) is 0 Å². The predicted octanol–water partition coefficient (Wildman–Crippen LogP) is 7.11. The van der Waals surface area contributed by atoms with Gasteiger partial charge >= 0.3 is 0 Å². The SMILES string of the molecule is Cc1cc(F)cc(C)c1-c1c2cc(F)ccc2[n+](-c2ccc(F)cc2)c2ccc(F)cc12. The first kappa shape index (κ1) is 20.2. The molecule has 0 saturated carbocycles. The Bertz CT molecular complexity index is 1440. The van der Waals surface area contributed by atoms with E-state index in [0.29, 0.717) is 44.2 Å². The van der Waals surface area contributed by atoms with Crippen molar-refractivity contribution in [3.8, 4) is 16.8 Å². The van der Waals surface area contributed by atoms with Gasteiger partial charge in [0.25, 0.3) is 0 Å². The molecular weight excluding hydrogens is 414 g/mol. The van der Waals surface area contributed by atoms with Crippen LogP contribution in [0.15, 0.2) is 72.8 Å². The fourth-order valence-corrected chi connectivity index (χ4v) is 4.52. The third kappa shape index (κ3) is 3.21. The average Bonchev–Trinajstić information content (AvgIpc) is 2.74. The molecule has 0 amide bonds. The fraction of sp³-hybridized carbons (Fsp3) is 0.0741. The standard InChI is InChI=1S/C27H18F4N/c1-15-11-20(31)12-16(2)26(15)27-22-13-18(29)5-9-24(22)32(21-7-3-17(28)4-8-21)25-10-6-19(30)14-23(25)27/h3-14H,1-2H3/q+1. The number of hydrogen-bond acceptors (Lipinski definition) is 0. The van der Waals surface area contributed by atoms with E-state index in [1.807, 2.05) is 4.57 Å². The summed E-state index contributed by atoms with van der Waals surface area (Å²) in [6.07, 6.45) is 0. The van der Waals surface area contributed by atoms with Crippen LogP contribution >= 0.6 is 0 Å². The van der Waals surface area contributed by atoms with Crippen molar-refractivity contribution >= 4 is 21.8 Å². The van der Waals surface area contributed by atoms with E-state index in [1.54, 1.807) is 38.1 Å². The quantitative estimate of drug-likeness (QED) is 0.159. The number of halogens is 4. The molecule has 5 heteroatoms. The summed E-state index contributed by atoms with van der Waals surface area (Å²) in [6.45, 7) is 3.56. The molecule has 0 aliphatic heterocycles. The summed E-state index contributed by atoms with van der Waals surface area (Å²) in [5, 5.41) is 1.09. The van der Waals surface area contributed by atoms with Crippen molar-refractivity contribution in [1.29, 1.82) is 0 Å². The number of nitrogens with zero attached hydrogens (tertiary/aromatic N) is 1. The van der Waals surface area contributed by atoms with Gasteiger partial charge in [0.2, 0.25) is 16.7 Å². The number of benzene rings is 4. The zero-order valence-electron chi connectivity index (χ0n) is 17.4. The van der Waals surface area contributed by atoms with Crippen LogP contribution in [0.1, 0.15) is 11.1 Å². The largest absolute Gasteiger partial charge is 0.219 e. The predicted molar refractivity (Wildman–Crippen MR) is 118 cm³/mol. The molecule has 158 valence electrons. The van der Waals surface area contributed by atoms with Crippen LogP contribution in [0.4, 0.5) is 17.6 Å². The number of hydrogen-bond donors (Lipinski definition) is 0. The molecule has 4 aromatic carbocycles. The minimum atomic E-state index is -0.447. The van der Waals surface area contributed by atoms with E-state index in [2.05, 4.69) is 0 Å². The monoisotopic (exact) mass is 432 g/mol. The molecule has 1 heterocycles. The maximum Gasteiger partial charge on any atom is 0.219 e. The molecule has 0 bridgehead atoms. The van der Waals surface area contributed by atoms with Crippen molar-refractivity contribution in [1.82, 2.24) is 0 Å². The highest BCUT2D eigenvalue weighted by Crippen LogP contribution is 2.39. The lowest BCUT2D eigenvalue weighted by molar-refractivity contribution is -0.538. The van der Waals surface area contributed by atoms with E-state index in [0.717, 1.165) is 5.56 Å². The third-order valence-electron chi connectivity index (χ3n) is 5.77. The van der Waals surface area contributed by atoms with E-state index in [4.69, 9.17) is 0 Å². The molecule has 0 saturated heterocycles. The second kappa shape index (κ2) is 7.45. The zero-order valence-corrected chi connectivity index (χ0v) is 17.4. The lowest BCUT2D eigenvalue weighted by atomic mass is 9.89. The molecule has 0 unspecified atom stereocenters. The van der Waals surface area contributed by atoms with Gasteiger partial charge in [0.05, 0.1) is 10.8 Å². The van der Waals surface area contributed by atoms with E-state index in [9.17, 15) is 17.6 Å². The summed E-state index contributed by atoms with van der Waals surface area (Å²) in [5.74, 6) is -1.64. The molecule has 1 nitrogen and oxygen atoms in total. The molecule has 0 fully saturated rings. The Morgan fingerprint density at radius 3 is 1.47 bits per heavy atom. The highest BCUT2D eigenvalue weighted by molar-refractivity contribution is 6.08. The molecule has 0 N–H and O–H groups in total. The first-order valence-corrected chi connectivity index (χ1v) is 10.1. The molecular formula is C27H18F4N+. The Morgan fingerprint density at radius 2 is 0.969 bits per heavy atom. The third-order valence-corrected chi connectivity index (χ3v) is 5.77. The van der Waals surface area contributed by atoms with Crippen LogP contribution in [-0.2, 0) is 0 Å². The highest BCUT2D eigenvalue weighted by Gasteiger charge is 2.26. The van der Waals surface area contributed by atoms with Crippen LogP contribution in [-0.4, -0.2) is 0 Å². The van der Waals surface area contributed by atoms with Gasteiger partial charge in [-0.1, -0.05) is 0 Å². The van der Waals surface area contributed by atoms with Gasteiger partial charge in [-0.3, -0.25) is 0 Å². The molecule has 0 radical (unpaired) electrons. The Balaban J connectivity index is 2.04. The topological polar surface area (TPSA) is 3.88 Å². The van der Waals surface area contributed by atoms with E-state index in [-0.39, 0.29) is 11.6 Å².